The summed E-state index contributed by atoms with van der Waals surface area (Å²) >= 11 is 0. The van der Waals surface area contributed by atoms with Crippen LogP contribution in [0.5, 0.6) is 0 Å². The Morgan fingerprint density at radius 2 is 2.18 bits per heavy atom. The van der Waals surface area contributed by atoms with Crippen molar-refractivity contribution in [3.05, 3.63) is 35.9 Å². The molecular weight excluding hydrogens is 214 g/mol. The van der Waals surface area contributed by atoms with E-state index in [1.54, 1.807) is 0 Å². The lowest BCUT2D eigenvalue weighted by Crippen LogP contribution is -2.24. The maximum Gasteiger partial charge on any atom is 0.310 e. The van der Waals surface area contributed by atoms with Crippen molar-refractivity contribution in [3.8, 4) is 0 Å². The second kappa shape index (κ2) is 5.82. The van der Waals surface area contributed by atoms with Crippen molar-refractivity contribution in [2.75, 3.05) is 19.6 Å². The molecule has 0 saturated carbocycles. The zero-order valence-electron chi connectivity index (χ0n) is 10.3. The van der Waals surface area contributed by atoms with E-state index in [0.717, 1.165) is 31.6 Å². The van der Waals surface area contributed by atoms with Crippen molar-refractivity contribution >= 4 is 5.97 Å². The summed E-state index contributed by atoms with van der Waals surface area (Å²) in [6.45, 7) is 5.40. The molecule has 0 N–H and O–H groups in total. The number of hydrogen-bond donors (Lipinski definition) is 0. The zero-order chi connectivity index (χ0) is 12.1. The minimum Gasteiger partial charge on any atom is -0.461 e. The van der Waals surface area contributed by atoms with Gasteiger partial charge in [-0.2, -0.15) is 0 Å². The Morgan fingerprint density at radius 3 is 2.82 bits per heavy atom. The lowest BCUT2D eigenvalue weighted by Gasteiger charge is -2.12. The summed E-state index contributed by atoms with van der Waals surface area (Å²) < 4.78 is 5.34. The van der Waals surface area contributed by atoms with E-state index in [2.05, 4.69) is 11.8 Å². The van der Waals surface area contributed by atoms with Crippen LogP contribution in [0.3, 0.4) is 0 Å². The highest BCUT2D eigenvalue weighted by molar-refractivity contribution is 5.73. The molecule has 0 spiro atoms. The molecule has 92 valence electrons. The number of hydrogen-bond acceptors (Lipinski definition) is 3. The second-order valence-corrected chi connectivity index (χ2v) is 4.47. The van der Waals surface area contributed by atoms with Crippen LogP contribution in [-0.2, 0) is 16.1 Å². The molecule has 1 aromatic rings. The molecule has 0 aromatic heterocycles. The van der Waals surface area contributed by atoms with Crippen LogP contribution in [0.1, 0.15) is 18.9 Å². The summed E-state index contributed by atoms with van der Waals surface area (Å²) in [7, 11) is 0. The average Bonchev–Trinajstić information content (AvgIpc) is 2.86. The number of carbonyl (C=O) groups is 1. The maximum atomic E-state index is 11.8. The Bertz CT molecular complexity index is 364. The number of nitrogens with zero attached hydrogens (tertiary/aromatic N) is 1. The second-order valence-electron chi connectivity index (χ2n) is 4.47. The van der Waals surface area contributed by atoms with Gasteiger partial charge in [0, 0.05) is 6.54 Å². The maximum absolute atomic E-state index is 11.8. The molecule has 1 atom stereocenters. The summed E-state index contributed by atoms with van der Waals surface area (Å²) in [5.41, 5.74) is 1.05. The fourth-order valence-electron chi connectivity index (χ4n) is 2.16. The van der Waals surface area contributed by atoms with Gasteiger partial charge in [0.15, 0.2) is 0 Å². The van der Waals surface area contributed by atoms with Gasteiger partial charge in [0.2, 0.25) is 0 Å². The third-order valence-corrected chi connectivity index (χ3v) is 3.28. The van der Waals surface area contributed by atoms with Crippen LogP contribution in [0.15, 0.2) is 30.3 Å². The number of likely N-dealkylation sites (tertiary alicyclic amines) is 1. The number of carbonyl (C=O) groups excluding carboxylic acids is 1. The Labute approximate surface area is 102 Å². The Kier molecular flexibility index (Phi) is 4.15. The van der Waals surface area contributed by atoms with Crippen molar-refractivity contribution in [2.24, 2.45) is 5.92 Å². The van der Waals surface area contributed by atoms with Gasteiger partial charge < -0.3 is 9.64 Å². The van der Waals surface area contributed by atoms with Crippen LogP contribution < -0.4 is 0 Å². The van der Waals surface area contributed by atoms with Gasteiger partial charge in [-0.05, 0) is 25.1 Å². The molecule has 0 aliphatic carbocycles. The quantitative estimate of drug-likeness (QED) is 0.746. The van der Waals surface area contributed by atoms with Crippen molar-refractivity contribution in [1.29, 1.82) is 0 Å². The van der Waals surface area contributed by atoms with Crippen LogP contribution in [0.2, 0.25) is 0 Å². The smallest absolute Gasteiger partial charge is 0.310 e. The predicted octanol–water partition coefficient (Wildman–Crippen LogP) is 2.07. The fraction of sp³-hybridized carbons (Fsp3) is 0.500. The minimum absolute atomic E-state index is 0.0511. The largest absolute Gasteiger partial charge is 0.461 e. The van der Waals surface area contributed by atoms with Crippen molar-refractivity contribution < 1.29 is 9.53 Å². The van der Waals surface area contributed by atoms with E-state index in [4.69, 9.17) is 4.74 Å². The monoisotopic (exact) mass is 233 g/mol. The Balaban J connectivity index is 1.78. The molecule has 1 aromatic carbocycles. The molecule has 2 rings (SSSR count). The highest BCUT2D eigenvalue weighted by Gasteiger charge is 2.28. The molecule has 17 heavy (non-hydrogen) atoms. The summed E-state index contributed by atoms with van der Waals surface area (Å²) in [6, 6.07) is 9.82. The Morgan fingerprint density at radius 1 is 1.41 bits per heavy atom. The molecule has 1 heterocycles. The molecule has 0 radical (unpaired) electrons. The summed E-state index contributed by atoms with van der Waals surface area (Å²) in [6.07, 6.45) is 0.932. The normalized spacial score (nSPS) is 20.4. The molecular formula is C14H19NO2. The van der Waals surface area contributed by atoms with E-state index in [0.29, 0.717) is 6.61 Å². The third-order valence-electron chi connectivity index (χ3n) is 3.28. The van der Waals surface area contributed by atoms with Crippen molar-refractivity contribution in [2.45, 2.75) is 20.0 Å². The molecule has 3 nitrogen and oxygen atoms in total. The predicted molar refractivity (Wildman–Crippen MR) is 66.5 cm³/mol. The first-order valence-corrected chi connectivity index (χ1v) is 6.22. The summed E-state index contributed by atoms with van der Waals surface area (Å²) in [5, 5.41) is 0. The molecule has 3 heteroatoms. The van der Waals surface area contributed by atoms with Gasteiger partial charge in [-0.3, -0.25) is 4.79 Å². The zero-order valence-corrected chi connectivity index (χ0v) is 10.3. The molecule has 1 fully saturated rings. The van der Waals surface area contributed by atoms with Crippen LogP contribution >= 0.6 is 0 Å². The number of benzene rings is 1. The highest BCUT2D eigenvalue weighted by Crippen LogP contribution is 2.17. The molecule has 0 amide bonds. The van der Waals surface area contributed by atoms with Crippen LogP contribution in [0.4, 0.5) is 0 Å². The van der Waals surface area contributed by atoms with Crippen molar-refractivity contribution in [3.63, 3.8) is 0 Å². The van der Waals surface area contributed by atoms with E-state index >= 15 is 0 Å². The molecule has 0 unspecified atom stereocenters. The standard InChI is InChI=1S/C14H19NO2/c1-2-15-9-8-13(10-15)14(16)17-11-12-6-4-3-5-7-12/h3-7,13H,2,8-11H2,1H3/t13-/m1/s1. The van der Waals surface area contributed by atoms with Crippen molar-refractivity contribution in [1.82, 2.24) is 4.90 Å². The van der Waals surface area contributed by atoms with Crippen LogP contribution in [-0.4, -0.2) is 30.5 Å². The average molecular weight is 233 g/mol. The van der Waals surface area contributed by atoms with Gasteiger partial charge in [-0.25, -0.2) is 0 Å². The van der Waals surface area contributed by atoms with E-state index in [1.807, 2.05) is 30.3 Å². The first kappa shape index (κ1) is 12.1. The molecule has 1 saturated heterocycles. The van der Waals surface area contributed by atoms with Gasteiger partial charge in [-0.1, -0.05) is 37.3 Å². The Hall–Kier alpha value is -1.35. The van der Waals surface area contributed by atoms with Gasteiger partial charge in [0.25, 0.3) is 0 Å². The minimum atomic E-state index is -0.0511. The topological polar surface area (TPSA) is 29.5 Å². The van der Waals surface area contributed by atoms with E-state index in [9.17, 15) is 4.79 Å². The van der Waals surface area contributed by atoms with Gasteiger partial charge in [0.1, 0.15) is 6.61 Å². The summed E-state index contributed by atoms with van der Waals surface area (Å²) in [4.78, 5) is 14.1. The lowest BCUT2D eigenvalue weighted by atomic mass is 10.1. The lowest BCUT2D eigenvalue weighted by molar-refractivity contribution is -0.149. The van der Waals surface area contributed by atoms with Gasteiger partial charge >= 0.3 is 5.97 Å². The molecule has 0 bridgehead atoms. The van der Waals surface area contributed by atoms with Gasteiger partial charge in [-0.15, -0.1) is 0 Å². The molecule has 1 aliphatic rings. The number of rotatable bonds is 4. The SMILES string of the molecule is CCN1CC[C@@H](C(=O)OCc2ccccc2)C1. The van der Waals surface area contributed by atoms with Crippen LogP contribution in [0.25, 0.3) is 0 Å². The van der Waals surface area contributed by atoms with E-state index in [1.165, 1.54) is 0 Å². The first-order valence-electron chi connectivity index (χ1n) is 6.22. The van der Waals surface area contributed by atoms with Crippen LogP contribution in [0, 0.1) is 5.92 Å². The van der Waals surface area contributed by atoms with Gasteiger partial charge in [0.05, 0.1) is 5.92 Å². The highest BCUT2D eigenvalue weighted by atomic mass is 16.5. The fourth-order valence-corrected chi connectivity index (χ4v) is 2.16. The first-order chi connectivity index (χ1) is 8.29. The number of ether oxygens (including phenoxy) is 1. The third kappa shape index (κ3) is 3.30. The van der Waals surface area contributed by atoms with E-state index < -0.39 is 0 Å². The number of esters is 1. The summed E-state index contributed by atoms with van der Waals surface area (Å²) in [5.74, 6) is 0.0171. The van der Waals surface area contributed by atoms with E-state index in [-0.39, 0.29) is 11.9 Å². The molecule has 1 aliphatic heterocycles.